The van der Waals surface area contributed by atoms with E-state index in [1.807, 2.05) is 0 Å². The van der Waals surface area contributed by atoms with Gasteiger partial charge in [0, 0.05) is 32.8 Å². The Hall–Kier alpha value is -1.67. The van der Waals surface area contributed by atoms with Gasteiger partial charge in [-0.05, 0) is 67.3 Å². The molecule has 4 rings (SSSR count). The Labute approximate surface area is 186 Å². The van der Waals surface area contributed by atoms with E-state index in [0.29, 0.717) is 18.4 Å². The zero-order chi connectivity index (χ0) is 22.8. The minimum atomic E-state index is -4.55. The molecular formula is C24H32F4N2O2. The van der Waals surface area contributed by atoms with E-state index < -0.39 is 23.8 Å². The highest BCUT2D eigenvalue weighted by Crippen LogP contribution is 2.45. The SMILES string of the molecule is O=C(NCc1cc(CF)cc(C(F)(F)F)c1)C1(CC2CC2)CCN(CC2CCOCC2)C1. The fourth-order valence-electron chi connectivity index (χ4n) is 5.20. The van der Waals surface area contributed by atoms with E-state index in [1.165, 1.54) is 6.07 Å². The van der Waals surface area contributed by atoms with E-state index >= 15 is 0 Å². The summed E-state index contributed by atoms with van der Waals surface area (Å²) in [5.74, 6) is 1.07. The Kier molecular flexibility index (Phi) is 7.10. The number of carbonyl (C=O) groups excluding carboxylic acids is 1. The average Bonchev–Trinajstić information content (AvgIpc) is 3.50. The second-order valence-corrected chi connectivity index (χ2v) is 9.82. The van der Waals surface area contributed by atoms with Crippen molar-refractivity contribution in [1.29, 1.82) is 0 Å². The number of rotatable bonds is 8. The number of halogens is 4. The molecule has 1 saturated carbocycles. The van der Waals surface area contributed by atoms with E-state index in [-0.39, 0.29) is 23.6 Å². The number of hydrogen-bond acceptors (Lipinski definition) is 3. The number of hydrogen-bond donors (Lipinski definition) is 1. The van der Waals surface area contributed by atoms with Gasteiger partial charge >= 0.3 is 6.18 Å². The molecular weight excluding hydrogens is 424 g/mol. The smallest absolute Gasteiger partial charge is 0.381 e. The van der Waals surface area contributed by atoms with Crippen LogP contribution in [0.4, 0.5) is 17.6 Å². The fraction of sp³-hybridized carbons (Fsp3) is 0.708. The summed E-state index contributed by atoms with van der Waals surface area (Å²) in [6, 6.07) is 3.22. The van der Waals surface area contributed by atoms with E-state index in [4.69, 9.17) is 4.74 Å². The zero-order valence-electron chi connectivity index (χ0n) is 18.4. The summed E-state index contributed by atoms with van der Waals surface area (Å²) in [6.45, 7) is 3.13. The van der Waals surface area contributed by atoms with Crippen LogP contribution in [0.2, 0.25) is 0 Å². The molecule has 0 spiro atoms. The number of likely N-dealkylation sites (tertiary alicyclic amines) is 1. The quantitative estimate of drug-likeness (QED) is 0.576. The minimum Gasteiger partial charge on any atom is -0.381 e. The molecule has 3 fully saturated rings. The molecule has 4 nitrogen and oxygen atoms in total. The summed E-state index contributed by atoms with van der Waals surface area (Å²) in [6.07, 6.45) is 1.44. The van der Waals surface area contributed by atoms with Crippen LogP contribution in [0.3, 0.4) is 0 Å². The van der Waals surface area contributed by atoms with Gasteiger partial charge in [-0.1, -0.05) is 18.9 Å². The highest BCUT2D eigenvalue weighted by Gasteiger charge is 2.47. The van der Waals surface area contributed by atoms with Crippen molar-refractivity contribution in [3.63, 3.8) is 0 Å². The largest absolute Gasteiger partial charge is 0.416 e. The van der Waals surface area contributed by atoms with E-state index in [9.17, 15) is 22.4 Å². The molecule has 1 amide bonds. The van der Waals surface area contributed by atoms with Crippen LogP contribution in [0.5, 0.6) is 0 Å². The molecule has 1 aliphatic carbocycles. The fourth-order valence-corrected chi connectivity index (χ4v) is 5.20. The third kappa shape index (κ3) is 5.81. The second-order valence-electron chi connectivity index (χ2n) is 9.82. The van der Waals surface area contributed by atoms with Gasteiger partial charge in [0.1, 0.15) is 6.67 Å². The molecule has 2 aliphatic heterocycles. The second kappa shape index (κ2) is 9.67. The molecule has 2 heterocycles. The molecule has 1 aromatic rings. The Bertz CT molecular complexity index is 806. The minimum absolute atomic E-state index is 0.0257. The van der Waals surface area contributed by atoms with Crippen LogP contribution in [-0.2, 0) is 28.9 Å². The van der Waals surface area contributed by atoms with Crippen molar-refractivity contribution in [1.82, 2.24) is 10.2 Å². The third-order valence-electron chi connectivity index (χ3n) is 7.14. The summed E-state index contributed by atoms with van der Waals surface area (Å²) in [4.78, 5) is 15.7. The normalized spacial score (nSPS) is 25.2. The lowest BCUT2D eigenvalue weighted by atomic mass is 9.80. The lowest BCUT2D eigenvalue weighted by Gasteiger charge is -2.31. The van der Waals surface area contributed by atoms with Crippen LogP contribution in [0.25, 0.3) is 0 Å². The van der Waals surface area contributed by atoms with Crippen molar-refractivity contribution in [2.45, 2.75) is 57.9 Å². The van der Waals surface area contributed by atoms with Crippen molar-refractivity contribution in [2.75, 3.05) is 32.8 Å². The van der Waals surface area contributed by atoms with Crippen molar-refractivity contribution in [2.24, 2.45) is 17.3 Å². The Morgan fingerprint density at radius 2 is 1.81 bits per heavy atom. The molecule has 1 N–H and O–H groups in total. The summed E-state index contributed by atoms with van der Waals surface area (Å²) < 4.78 is 58.0. The first-order valence-electron chi connectivity index (χ1n) is 11.6. The summed E-state index contributed by atoms with van der Waals surface area (Å²) in [5.41, 5.74) is -1.12. The van der Waals surface area contributed by atoms with Gasteiger partial charge in [0.05, 0.1) is 11.0 Å². The van der Waals surface area contributed by atoms with E-state index in [2.05, 4.69) is 10.2 Å². The molecule has 0 aromatic heterocycles. The number of amides is 1. The number of carbonyl (C=O) groups is 1. The number of ether oxygens (including phenoxy) is 1. The molecule has 3 aliphatic rings. The van der Waals surface area contributed by atoms with Gasteiger partial charge in [-0.2, -0.15) is 13.2 Å². The zero-order valence-corrected chi connectivity index (χ0v) is 18.4. The van der Waals surface area contributed by atoms with Gasteiger partial charge in [-0.25, -0.2) is 4.39 Å². The standard InChI is InChI=1S/C24H32F4N2O2/c25-13-19-9-20(11-21(10-19)24(26,27)28)14-29-22(31)23(12-17-1-2-17)5-6-30(16-23)15-18-3-7-32-8-4-18/h9-11,17-18H,1-8,12-16H2,(H,29,31). The van der Waals surface area contributed by atoms with Gasteiger partial charge in [0.15, 0.2) is 0 Å². The third-order valence-corrected chi connectivity index (χ3v) is 7.14. The lowest BCUT2D eigenvalue weighted by Crippen LogP contribution is -2.44. The Balaban J connectivity index is 1.41. The molecule has 1 aromatic carbocycles. The molecule has 178 valence electrons. The lowest BCUT2D eigenvalue weighted by molar-refractivity contribution is -0.137. The predicted molar refractivity (Wildman–Crippen MR) is 112 cm³/mol. The predicted octanol–water partition coefficient (Wildman–Crippen LogP) is 4.71. The van der Waals surface area contributed by atoms with Crippen LogP contribution in [-0.4, -0.2) is 43.7 Å². The summed E-state index contributed by atoms with van der Waals surface area (Å²) >= 11 is 0. The van der Waals surface area contributed by atoms with Gasteiger partial charge in [-0.15, -0.1) is 0 Å². The van der Waals surface area contributed by atoms with Crippen LogP contribution in [0.1, 0.15) is 55.2 Å². The Morgan fingerprint density at radius 1 is 1.09 bits per heavy atom. The summed E-state index contributed by atoms with van der Waals surface area (Å²) in [5, 5.41) is 2.89. The molecule has 0 radical (unpaired) electrons. The molecule has 1 atom stereocenters. The summed E-state index contributed by atoms with van der Waals surface area (Å²) in [7, 11) is 0. The maximum Gasteiger partial charge on any atom is 0.416 e. The molecule has 0 bridgehead atoms. The van der Waals surface area contributed by atoms with E-state index in [0.717, 1.165) is 77.0 Å². The van der Waals surface area contributed by atoms with Gasteiger partial charge in [-0.3, -0.25) is 4.79 Å². The first-order valence-corrected chi connectivity index (χ1v) is 11.6. The molecule has 32 heavy (non-hydrogen) atoms. The molecule has 1 unspecified atom stereocenters. The van der Waals surface area contributed by atoms with Crippen LogP contribution >= 0.6 is 0 Å². The van der Waals surface area contributed by atoms with Gasteiger partial charge in [0.25, 0.3) is 0 Å². The maximum absolute atomic E-state index is 13.3. The highest BCUT2D eigenvalue weighted by molar-refractivity contribution is 5.83. The van der Waals surface area contributed by atoms with E-state index in [1.54, 1.807) is 0 Å². The molecule has 2 saturated heterocycles. The number of benzene rings is 1. The molecule has 8 heteroatoms. The van der Waals surface area contributed by atoms with Gasteiger partial charge in [0.2, 0.25) is 5.91 Å². The number of nitrogens with zero attached hydrogens (tertiary/aromatic N) is 1. The van der Waals surface area contributed by atoms with Crippen LogP contribution < -0.4 is 5.32 Å². The number of nitrogens with one attached hydrogen (secondary N) is 1. The Morgan fingerprint density at radius 3 is 2.47 bits per heavy atom. The first-order chi connectivity index (χ1) is 15.3. The first kappa shape index (κ1) is 23.5. The van der Waals surface area contributed by atoms with Crippen molar-refractivity contribution >= 4 is 5.91 Å². The maximum atomic E-state index is 13.3. The van der Waals surface area contributed by atoms with Crippen molar-refractivity contribution in [3.8, 4) is 0 Å². The van der Waals surface area contributed by atoms with Crippen molar-refractivity contribution < 1.29 is 27.1 Å². The van der Waals surface area contributed by atoms with Crippen molar-refractivity contribution in [3.05, 3.63) is 34.9 Å². The van der Waals surface area contributed by atoms with Crippen LogP contribution in [0, 0.1) is 17.3 Å². The monoisotopic (exact) mass is 456 g/mol. The highest BCUT2D eigenvalue weighted by atomic mass is 19.4. The number of alkyl halides is 4. The topological polar surface area (TPSA) is 41.6 Å². The average molecular weight is 457 g/mol. The van der Waals surface area contributed by atoms with Gasteiger partial charge < -0.3 is 15.0 Å². The van der Waals surface area contributed by atoms with Crippen LogP contribution in [0.15, 0.2) is 18.2 Å².